The Bertz CT molecular complexity index is 1360. The lowest BCUT2D eigenvalue weighted by atomic mass is 9.88. The van der Waals surface area contributed by atoms with Gasteiger partial charge in [0.25, 0.3) is 0 Å². The lowest BCUT2D eigenvalue weighted by Gasteiger charge is -2.18. The van der Waals surface area contributed by atoms with Crippen molar-refractivity contribution in [3.8, 4) is 23.0 Å². The van der Waals surface area contributed by atoms with E-state index in [1.165, 1.54) is 179 Å². The zero-order valence-corrected chi connectivity index (χ0v) is 44.6. The van der Waals surface area contributed by atoms with E-state index in [2.05, 4.69) is 88.3 Å². The van der Waals surface area contributed by atoms with Crippen molar-refractivity contribution in [2.45, 2.75) is 256 Å². The molecule has 0 bridgehead atoms. The van der Waals surface area contributed by atoms with Crippen molar-refractivity contribution in [3.63, 3.8) is 0 Å². The number of ether oxygens (including phenoxy) is 2. The molecule has 4 heteroatoms. The van der Waals surface area contributed by atoms with Crippen LogP contribution in [0.15, 0.2) is 23.3 Å². The second-order valence-corrected chi connectivity index (χ2v) is 22.2. The summed E-state index contributed by atoms with van der Waals surface area (Å²) in [6, 6.07) is 0. The summed E-state index contributed by atoms with van der Waals surface area (Å²) in [5.41, 5.74) is 4.06. The number of hydrogen-bond donors (Lipinski definition) is 2. The summed E-state index contributed by atoms with van der Waals surface area (Å²) in [6.45, 7) is 28.4. The van der Waals surface area contributed by atoms with Gasteiger partial charge in [-0.2, -0.15) is 0 Å². The number of phenols is 2. The van der Waals surface area contributed by atoms with Gasteiger partial charge in [-0.1, -0.05) is 227 Å². The molecule has 1 aromatic rings. The Morgan fingerprint density at radius 1 is 0.429 bits per heavy atom. The number of hydrogen-bond acceptors (Lipinski definition) is 4. The van der Waals surface area contributed by atoms with Gasteiger partial charge < -0.3 is 19.7 Å². The summed E-state index contributed by atoms with van der Waals surface area (Å²) < 4.78 is 10.6. The van der Waals surface area contributed by atoms with Gasteiger partial charge in [0.05, 0.1) is 14.2 Å². The zero-order valence-electron chi connectivity index (χ0n) is 44.6. The van der Waals surface area contributed by atoms with Crippen molar-refractivity contribution >= 4 is 0 Å². The van der Waals surface area contributed by atoms with Crippen molar-refractivity contribution < 1.29 is 19.7 Å². The summed E-state index contributed by atoms with van der Waals surface area (Å²) in [7, 11) is 2.93. The molecule has 0 radical (unpaired) electrons. The largest absolute Gasteiger partial charge is 0.504 e. The summed E-state index contributed by atoms with van der Waals surface area (Å²) in [4.78, 5) is 0. The molecule has 0 saturated heterocycles. The van der Waals surface area contributed by atoms with E-state index in [1.54, 1.807) is 6.92 Å². The van der Waals surface area contributed by atoms with Crippen molar-refractivity contribution in [2.24, 2.45) is 47.3 Å². The number of phenolic OH excluding ortho intramolecular Hbond substituents is 2. The Hall–Kier alpha value is -2.10. The highest BCUT2D eigenvalue weighted by molar-refractivity contribution is 5.66. The van der Waals surface area contributed by atoms with Crippen LogP contribution in [0.1, 0.15) is 254 Å². The minimum atomic E-state index is 0.0197. The van der Waals surface area contributed by atoms with Crippen LogP contribution in [0.3, 0.4) is 0 Å². The SMILES string of the molecule is COc1c(O)c(C)c(C/C=C(\C)CC/C=C(\C)CCCC(C)CCCC(C)CCCC(C)CCCC(C)CCCC(C)CCCC(C)CCCC(C)CCCC(C)C)c(O)c1OC. The molecular formula is C59H108O4. The quantitative estimate of drug-likeness (QED) is 0.0511. The molecule has 0 heterocycles. The first-order valence-electron chi connectivity index (χ1n) is 26.9. The maximum Gasteiger partial charge on any atom is 0.207 e. The van der Waals surface area contributed by atoms with Gasteiger partial charge in [0.15, 0.2) is 11.5 Å². The summed E-state index contributed by atoms with van der Waals surface area (Å²) >= 11 is 0. The van der Waals surface area contributed by atoms with Crippen molar-refractivity contribution in [2.75, 3.05) is 14.2 Å². The van der Waals surface area contributed by atoms with Crippen LogP contribution >= 0.6 is 0 Å². The Kier molecular flexibility index (Phi) is 32.9. The fourth-order valence-electron chi connectivity index (χ4n) is 10.0. The molecule has 0 aliphatic rings. The third kappa shape index (κ3) is 27.9. The van der Waals surface area contributed by atoms with Crippen molar-refractivity contribution in [3.05, 3.63) is 34.4 Å². The molecule has 2 N–H and O–H groups in total. The topological polar surface area (TPSA) is 58.9 Å². The molecule has 1 rings (SSSR count). The Balaban J connectivity index is 2.10. The van der Waals surface area contributed by atoms with Crippen molar-refractivity contribution in [1.29, 1.82) is 0 Å². The van der Waals surface area contributed by atoms with Gasteiger partial charge in [0.1, 0.15) is 0 Å². The molecule has 0 aromatic heterocycles. The predicted molar refractivity (Wildman–Crippen MR) is 278 cm³/mol. The van der Waals surface area contributed by atoms with Crippen LogP contribution in [-0.4, -0.2) is 24.4 Å². The van der Waals surface area contributed by atoms with E-state index in [9.17, 15) is 10.2 Å². The Morgan fingerprint density at radius 3 is 1.06 bits per heavy atom. The highest BCUT2D eigenvalue weighted by Crippen LogP contribution is 2.48. The van der Waals surface area contributed by atoms with Crippen LogP contribution in [0.2, 0.25) is 0 Å². The van der Waals surface area contributed by atoms with E-state index < -0.39 is 0 Å². The van der Waals surface area contributed by atoms with E-state index in [4.69, 9.17) is 9.47 Å². The van der Waals surface area contributed by atoms with Gasteiger partial charge in [-0.3, -0.25) is 0 Å². The van der Waals surface area contributed by atoms with Crippen LogP contribution in [0.5, 0.6) is 23.0 Å². The monoisotopic (exact) mass is 881 g/mol. The lowest BCUT2D eigenvalue weighted by Crippen LogP contribution is -2.03. The van der Waals surface area contributed by atoms with E-state index in [1.807, 2.05) is 0 Å². The first kappa shape index (κ1) is 58.9. The molecule has 0 aliphatic carbocycles. The minimum Gasteiger partial charge on any atom is -0.504 e. The van der Waals surface area contributed by atoms with Crippen LogP contribution in [-0.2, 0) is 6.42 Å². The molecule has 0 saturated carbocycles. The Morgan fingerprint density at radius 2 is 0.730 bits per heavy atom. The average Bonchev–Trinajstić information content (AvgIpc) is 3.21. The molecule has 0 spiro atoms. The average molecular weight is 882 g/mol. The van der Waals surface area contributed by atoms with Gasteiger partial charge in [-0.05, 0) is 100 Å². The van der Waals surface area contributed by atoms with E-state index in [0.29, 0.717) is 17.5 Å². The van der Waals surface area contributed by atoms with Crippen LogP contribution in [0.25, 0.3) is 0 Å². The molecule has 7 unspecified atom stereocenters. The van der Waals surface area contributed by atoms with Gasteiger partial charge in [0.2, 0.25) is 11.5 Å². The number of aromatic hydroxyl groups is 2. The molecular weight excluding hydrogens is 773 g/mol. The summed E-state index contributed by atoms with van der Waals surface area (Å²) in [5, 5.41) is 21.3. The first-order chi connectivity index (χ1) is 30.0. The second-order valence-electron chi connectivity index (χ2n) is 22.2. The first-order valence-corrected chi connectivity index (χ1v) is 26.9. The highest BCUT2D eigenvalue weighted by Gasteiger charge is 2.22. The molecule has 368 valence electrons. The van der Waals surface area contributed by atoms with Crippen LogP contribution in [0, 0.1) is 54.3 Å². The maximum atomic E-state index is 10.8. The minimum absolute atomic E-state index is 0.0197. The van der Waals surface area contributed by atoms with Gasteiger partial charge >= 0.3 is 0 Å². The highest BCUT2D eigenvalue weighted by atomic mass is 16.5. The number of benzene rings is 1. The van der Waals surface area contributed by atoms with Crippen LogP contribution in [0.4, 0.5) is 0 Å². The normalized spacial score (nSPS) is 15.9. The lowest BCUT2D eigenvalue weighted by molar-refractivity contribution is 0.314. The second kappa shape index (κ2) is 35.1. The van der Waals surface area contributed by atoms with Gasteiger partial charge in [-0.25, -0.2) is 0 Å². The summed E-state index contributed by atoms with van der Waals surface area (Å²) in [6.07, 6.45) is 40.8. The molecule has 0 aliphatic heterocycles. The van der Waals surface area contributed by atoms with Gasteiger partial charge in [-0.15, -0.1) is 0 Å². The molecule has 7 atom stereocenters. The van der Waals surface area contributed by atoms with Crippen LogP contribution < -0.4 is 9.47 Å². The third-order valence-electron chi connectivity index (χ3n) is 14.9. The van der Waals surface area contributed by atoms with E-state index in [0.717, 1.165) is 60.2 Å². The van der Waals surface area contributed by atoms with E-state index in [-0.39, 0.29) is 23.0 Å². The molecule has 0 fully saturated rings. The Labute approximate surface area is 393 Å². The molecule has 4 nitrogen and oxygen atoms in total. The summed E-state index contributed by atoms with van der Waals surface area (Å²) in [5.74, 6) is 7.46. The zero-order chi connectivity index (χ0) is 47.2. The predicted octanol–water partition coefficient (Wildman–Crippen LogP) is 19.1. The third-order valence-corrected chi connectivity index (χ3v) is 14.9. The van der Waals surface area contributed by atoms with E-state index >= 15 is 0 Å². The number of allylic oxidation sites excluding steroid dienone is 4. The molecule has 63 heavy (non-hydrogen) atoms. The maximum absolute atomic E-state index is 10.8. The molecule has 1 aromatic carbocycles. The smallest absolute Gasteiger partial charge is 0.207 e. The fourth-order valence-corrected chi connectivity index (χ4v) is 10.0. The van der Waals surface area contributed by atoms with Gasteiger partial charge in [0, 0.05) is 11.1 Å². The standard InChI is InChI=1S/C59H108O4/c1-44(2)24-15-25-45(3)26-16-27-46(4)28-17-29-47(5)30-18-31-48(6)32-19-33-49(7)34-20-35-50(8)36-21-37-51(9)38-22-39-52(10)40-23-41-53(11)42-43-55-54(12)56(60)58(62-13)59(63-14)57(55)61/h40,42,44-51,60-61H,15-39,41,43H2,1-14H3/b52-40+,53-42+. The number of rotatable bonds is 39. The molecule has 0 amide bonds. The van der Waals surface area contributed by atoms with Crippen molar-refractivity contribution in [1.82, 2.24) is 0 Å². The number of methoxy groups -OCH3 is 2. The fraction of sp³-hybridized carbons (Fsp3) is 0.831.